The molecule has 0 aliphatic carbocycles. The maximum atomic E-state index is 14.4. The van der Waals surface area contributed by atoms with E-state index in [2.05, 4.69) is 5.32 Å². The Morgan fingerprint density at radius 2 is 1.66 bits per heavy atom. The van der Waals surface area contributed by atoms with Gasteiger partial charge >= 0.3 is 0 Å². The lowest BCUT2D eigenvalue weighted by atomic mass is 9.97. The Labute approximate surface area is 222 Å². The topological polar surface area (TPSA) is 73.0 Å². The summed E-state index contributed by atoms with van der Waals surface area (Å²) in [5, 5.41) is 2.82. The Balaban J connectivity index is 0.00000164. The zero-order valence-electron chi connectivity index (χ0n) is 22.2. The third-order valence-corrected chi connectivity index (χ3v) is 6.79. The SMILES string of the molecule is CC.CN(C)c1ccc(C(=O)N2CCN3C(=O)c4cc(-c5ccccc5F)ccc4NC(=O)CC3C2)cc1. The monoisotopic (exact) mass is 516 g/mol. The second-order valence-corrected chi connectivity index (χ2v) is 9.34. The number of nitrogens with zero attached hydrogens (tertiary/aromatic N) is 3. The first kappa shape index (κ1) is 26.9. The number of rotatable bonds is 3. The summed E-state index contributed by atoms with van der Waals surface area (Å²) in [4.78, 5) is 44.9. The molecular formula is C30H33FN4O3. The summed E-state index contributed by atoms with van der Waals surface area (Å²) < 4.78 is 14.4. The van der Waals surface area contributed by atoms with Gasteiger partial charge in [0.1, 0.15) is 5.82 Å². The van der Waals surface area contributed by atoms with Gasteiger partial charge in [0.15, 0.2) is 0 Å². The fourth-order valence-electron chi connectivity index (χ4n) is 4.83. The van der Waals surface area contributed by atoms with E-state index in [0.29, 0.717) is 41.0 Å². The molecule has 5 rings (SSSR count). The highest BCUT2D eigenvalue weighted by molar-refractivity contribution is 6.06. The van der Waals surface area contributed by atoms with Gasteiger partial charge in [0.05, 0.1) is 17.3 Å². The summed E-state index contributed by atoms with van der Waals surface area (Å²) in [6.45, 7) is 4.93. The van der Waals surface area contributed by atoms with E-state index >= 15 is 0 Å². The van der Waals surface area contributed by atoms with Crippen LogP contribution in [0.5, 0.6) is 0 Å². The molecule has 0 saturated carbocycles. The van der Waals surface area contributed by atoms with E-state index in [1.807, 2.05) is 45.0 Å². The molecule has 3 aromatic carbocycles. The highest BCUT2D eigenvalue weighted by Gasteiger charge is 2.37. The minimum Gasteiger partial charge on any atom is -0.378 e. The van der Waals surface area contributed by atoms with Crippen molar-refractivity contribution >= 4 is 29.1 Å². The second-order valence-electron chi connectivity index (χ2n) is 9.34. The average Bonchev–Trinajstić information content (AvgIpc) is 2.93. The zero-order chi connectivity index (χ0) is 27.4. The molecule has 8 heteroatoms. The number of hydrogen-bond donors (Lipinski definition) is 1. The number of nitrogens with one attached hydrogen (secondary N) is 1. The van der Waals surface area contributed by atoms with Gasteiger partial charge in [0.2, 0.25) is 5.91 Å². The van der Waals surface area contributed by atoms with Crippen molar-refractivity contribution < 1.29 is 18.8 Å². The number of piperazine rings is 1. The predicted octanol–water partition coefficient (Wildman–Crippen LogP) is 4.89. The Morgan fingerprint density at radius 3 is 2.34 bits per heavy atom. The average molecular weight is 517 g/mol. The number of anilines is 2. The number of amides is 3. The van der Waals surface area contributed by atoms with Crippen LogP contribution in [-0.4, -0.2) is 67.3 Å². The van der Waals surface area contributed by atoms with E-state index in [9.17, 15) is 18.8 Å². The van der Waals surface area contributed by atoms with Crippen LogP contribution in [0.2, 0.25) is 0 Å². The van der Waals surface area contributed by atoms with Gasteiger partial charge in [-0.05, 0) is 48.0 Å². The summed E-state index contributed by atoms with van der Waals surface area (Å²) in [6, 6.07) is 18.2. The maximum Gasteiger partial charge on any atom is 0.256 e. The van der Waals surface area contributed by atoms with Crippen LogP contribution in [0.4, 0.5) is 15.8 Å². The van der Waals surface area contributed by atoms with Crippen LogP contribution in [-0.2, 0) is 4.79 Å². The Hall–Kier alpha value is -4.20. The minimum atomic E-state index is -0.457. The van der Waals surface area contributed by atoms with Crippen LogP contribution < -0.4 is 10.2 Å². The van der Waals surface area contributed by atoms with Crippen LogP contribution in [0, 0.1) is 5.82 Å². The fourth-order valence-corrected chi connectivity index (χ4v) is 4.83. The molecule has 1 saturated heterocycles. The molecule has 38 heavy (non-hydrogen) atoms. The fraction of sp³-hybridized carbons (Fsp3) is 0.300. The molecule has 1 N–H and O–H groups in total. The van der Waals surface area contributed by atoms with Crippen molar-refractivity contribution in [1.29, 1.82) is 0 Å². The number of carbonyl (C=O) groups is 3. The summed E-state index contributed by atoms with van der Waals surface area (Å²) in [5.41, 5.74) is 3.22. The van der Waals surface area contributed by atoms with Crippen molar-refractivity contribution in [3.8, 4) is 11.1 Å². The van der Waals surface area contributed by atoms with Crippen LogP contribution in [0.3, 0.4) is 0 Å². The zero-order valence-corrected chi connectivity index (χ0v) is 22.2. The van der Waals surface area contributed by atoms with Gasteiger partial charge in [-0.2, -0.15) is 0 Å². The van der Waals surface area contributed by atoms with Gasteiger partial charge in [-0.25, -0.2) is 4.39 Å². The number of halogens is 1. The molecule has 7 nitrogen and oxygen atoms in total. The van der Waals surface area contributed by atoms with Crippen LogP contribution >= 0.6 is 0 Å². The molecule has 2 heterocycles. The number of benzene rings is 3. The number of carbonyl (C=O) groups excluding carboxylic acids is 3. The molecule has 0 spiro atoms. The lowest BCUT2D eigenvalue weighted by Crippen LogP contribution is -2.58. The highest BCUT2D eigenvalue weighted by atomic mass is 19.1. The van der Waals surface area contributed by atoms with Gasteiger partial charge in [-0.3, -0.25) is 14.4 Å². The molecule has 2 aliphatic rings. The standard InChI is InChI=1S/C28H27FN4O3.C2H6/c1-31(2)20-10-7-18(8-11-20)27(35)32-13-14-33-21(17-32)16-26(34)30-25-12-9-19(15-23(25)28(33)36)22-5-3-4-6-24(22)29;1-2/h3-12,15,21H,13-14,16-17H2,1-2H3,(H,30,34);1-2H3. The van der Waals surface area contributed by atoms with Crippen molar-refractivity contribution in [3.63, 3.8) is 0 Å². The maximum absolute atomic E-state index is 14.4. The molecule has 0 radical (unpaired) electrons. The van der Waals surface area contributed by atoms with Crippen molar-refractivity contribution in [2.24, 2.45) is 0 Å². The highest BCUT2D eigenvalue weighted by Crippen LogP contribution is 2.31. The molecule has 0 bridgehead atoms. The van der Waals surface area contributed by atoms with Crippen molar-refractivity contribution in [3.05, 3.63) is 83.7 Å². The first-order valence-corrected chi connectivity index (χ1v) is 12.9. The lowest BCUT2D eigenvalue weighted by Gasteiger charge is -2.42. The van der Waals surface area contributed by atoms with Crippen LogP contribution in [0.15, 0.2) is 66.7 Å². The molecule has 1 atom stereocenters. The third-order valence-electron chi connectivity index (χ3n) is 6.79. The smallest absolute Gasteiger partial charge is 0.256 e. The summed E-state index contributed by atoms with van der Waals surface area (Å²) in [6.07, 6.45) is 0.0869. The summed E-state index contributed by atoms with van der Waals surface area (Å²) in [7, 11) is 3.87. The van der Waals surface area contributed by atoms with E-state index in [4.69, 9.17) is 0 Å². The number of fused-ring (bicyclic) bond motifs is 2. The molecule has 3 aromatic rings. The molecule has 1 unspecified atom stereocenters. The van der Waals surface area contributed by atoms with Gasteiger partial charge in [-0.15, -0.1) is 0 Å². The Bertz CT molecular complexity index is 1340. The largest absolute Gasteiger partial charge is 0.378 e. The van der Waals surface area contributed by atoms with Crippen LogP contribution in [0.1, 0.15) is 41.0 Å². The van der Waals surface area contributed by atoms with Gasteiger partial charge < -0.3 is 20.0 Å². The third kappa shape index (κ3) is 5.39. The van der Waals surface area contributed by atoms with Gasteiger partial charge in [-0.1, -0.05) is 38.1 Å². The molecule has 198 valence electrons. The van der Waals surface area contributed by atoms with Crippen LogP contribution in [0.25, 0.3) is 11.1 Å². The van der Waals surface area contributed by atoms with E-state index in [0.717, 1.165) is 5.69 Å². The molecular weight excluding hydrogens is 483 g/mol. The van der Waals surface area contributed by atoms with Crippen molar-refractivity contribution in [2.75, 3.05) is 43.9 Å². The first-order valence-electron chi connectivity index (χ1n) is 12.9. The molecule has 3 amide bonds. The quantitative estimate of drug-likeness (QED) is 0.538. The number of hydrogen-bond acceptors (Lipinski definition) is 4. The van der Waals surface area contributed by atoms with E-state index in [1.165, 1.54) is 6.07 Å². The normalized spacial score (nSPS) is 16.7. The van der Waals surface area contributed by atoms with Gasteiger partial charge in [0, 0.05) is 57.0 Å². The molecule has 2 aliphatic heterocycles. The Kier molecular flexibility index (Phi) is 8.10. The second kappa shape index (κ2) is 11.5. The minimum absolute atomic E-state index is 0.0869. The molecule has 1 fully saturated rings. The van der Waals surface area contributed by atoms with E-state index in [1.54, 1.807) is 58.3 Å². The van der Waals surface area contributed by atoms with E-state index in [-0.39, 0.29) is 36.5 Å². The first-order chi connectivity index (χ1) is 18.3. The van der Waals surface area contributed by atoms with Crippen molar-refractivity contribution in [1.82, 2.24) is 9.80 Å². The predicted molar refractivity (Wildman–Crippen MR) is 148 cm³/mol. The lowest BCUT2D eigenvalue weighted by molar-refractivity contribution is -0.117. The van der Waals surface area contributed by atoms with Gasteiger partial charge in [0.25, 0.3) is 11.8 Å². The van der Waals surface area contributed by atoms with E-state index < -0.39 is 6.04 Å². The summed E-state index contributed by atoms with van der Waals surface area (Å²) >= 11 is 0. The molecule has 0 aromatic heterocycles. The van der Waals surface area contributed by atoms with Crippen molar-refractivity contribution in [2.45, 2.75) is 26.3 Å². The summed E-state index contributed by atoms with van der Waals surface area (Å²) in [5.74, 6) is -0.988. The Morgan fingerprint density at radius 1 is 0.947 bits per heavy atom.